The minimum atomic E-state index is -3.35. The second kappa shape index (κ2) is 3.65. The van der Waals surface area contributed by atoms with Gasteiger partial charge in [-0.1, -0.05) is 6.42 Å². The van der Waals surface area contributed by atoms with Crippen LogP contribution in [-0.2, 0) is 13.8 Å². The third kappa shape index (κ3) is 2.41. The van der Waals surface area contributed by atoms with E-state index in [1.807, 2.05) is 0 Å². The first-order valence-corrected chi connectivity index (χ1v) is 7.51. The number of rotatable bonds is 3. The molecular weight excluding hydrogens is 224 g/mol. The number of halogens is 1. The van der Waals surface area contributed by atoms with Gasteiger partial charge in [0.1, 0.15) is 0 Å². The lowest BCUT2D eigenvalue weighted by atomic mass is 9.67. The molecule has 1 unspecified atom stereocenters. The summed E-state index contributed by atoms with van der Waals surface area (Å²) in [6.07, 6.45) is 5.48. The van der Waals surface area contributed by atoms with Crippen LogP contribution < -0.4 is 0 Å². The van der Waals surface area contributed by atoms with E-state index >= 15 is 0 Å². The average molecular weight is 239 g/mol. The SMILES string of the molecule is O=S(=O)(Cl)CCC1CC2(CCC2)CO1. The molecule has 0 amide bonds. The van der Waals surface area contributed by atoms with Crippen molar-refractivity contribution >= 4 is 19.7 Å². The molecule has 2 rings (SSSR count). The maximum atomic E-state index is 10.7. The molecule has 2 fully saturated rings. The predicted octanol–water partition coefficient (Wildman–Crippen LogP) is 1.90. The summed E-state index contributed by atoms with van der Waals surface area (Å²) in [7, 11) is 1.80. The quantitative estimate of drug-likeness (QED) is 0.706. The van der Waals surface area contributed by atoms with Crippen LogP contribution in [0.15, 0.2) is 0 Å². The lowest BCUT2D eigenvalue weighted by molar-refractivity contribution is 0.0680. The van der Waals surface area contributed by atoms with Crippen molar-refractivity contribution in [2.45, 2.75) is 38.2 Å². The molecular formula is C9H15ClO3S. The van der Waals surface area contributed by atoms with Gasteiger partial charge in [-0.05, 0) is 31.1 Å². The Hall–Kier alpha value is 0.200. The molecule has 1 aliphatic carbocycles. The summed E-state index contributed by atoms with van der Waals surface area (Å²) in [4.78, 5) is 0. The maximum Gasteiger partial charge on any atom is 0.232 e. The van der Waals surface area contributed by atoms with Crippen molar-refractivity contribution in [3.05, 3.63) is 0 Å². The molecule has 2 aliphatic rings. The Morgan fingerprint density at radius 2 is 2.14 bits per heavy atom. The maximum absolute atomic E-state index is 10.7. The average Bonchev–Trinajstić information content (AvgIpc) is 2.42. The molecule has 0 aromatic carbocycles. The van der Waals surface area contributed by atoms with Gasteiger partial charge in [0.25, 0.3) is 0 Å². The van der Waals surface area contributed by atoms with E-state index in [2.05, 4.69) is 0 Å². The van der Waals surface area contributed by atoms with Crippen LogP contribution in [0.5, 0.6) is 0 Å². The van der Waals surface area contributed by atoms with E-state index in [1.165, 1.54) is 19.3 Å². The molecule has 14 heavy (non-hydrogen) atoms. The summed E-state index contributed by atoms with van der Waals surface area (Å²) in [5.41, 5.74) is 0.404. The minimum absolute atomic E-state index is 0.0370. The monoisotopic (exact) mass is 238 g/mol. The van der Waals surface area contributed by atoms with E-state index in [4.69, 9.17) is 15.4 Å². The van der Waals surface area contributed by atoms with Crippen molar-refractivity contribution < 1.29 is 13.2 Å². The highest BCUT2D eigenvalue weighted by Crippen LogP contribution is 2.49. The van der Waals surface area contributed by atoms with Gasteiger partial charge >= 0.3 is 0 Å². The van der Waals surface area contributed by atoms with Gasteiger partial charge in [0.15, 0.2) is 0 Å². The number of hydrogen-bond acceptors (Lipinski definition) is 3. The van der Waals surface area contributed by atoms with E-state index in [9.17, 15) is 8.42 Å². The van der Waals surface area contributed by atoms with Crippen LogP contribution in [0.2, 0.25) is 0 Å². The zero-order valence-electron chi connectivity index (χ0n) is 8.04. The zero-order valence-corrected chi connectivity index (χ0v) is 9.61. The first-order chi connectivity index (χ1) is 6.49. The highest BCUT2D eigenvalue weighted by molar-refractivity contribution is 8.13. The van der Waals surface area contributed by atoms with Crippen LogP contribution in [-0.4, -0.2) is 26.9 Å². The fourth-order valence-electron chi connectivity index (χ4n) is 2.38. The van der Waals surface area contributed by atoms with E-state index in [0.717, 1.165) is 13.0 Å². The van der Waals surface area contributed by atoms with Crippen LogP contribution >= 0.6 is 10.7 Å². The van der Waals surface area contributed by atoms with Gasteiger partial charge in [-0.3, -0.25) is 0 Å². The summed E-state index contributed by atoms with van der Waals surface area (Å²) in [5.74, 6) is 0.0370. The van der Waals surface area contributed by atoms with Crippen LogP contribution in [0.3, 0.4) is 0 Å². The van der Waals surface area contributed by atoms with E-state index < -0.39 is 9.05 Å². The first kappa shape index (κ1) is 10.7. The summed E-state index contributed by atoms with van der Waals surface area (Å²) in [5, 5.41) is 0. The molecule has 1 saturated heterocycles. The fraction of sp³-hybridized carbons (Fsp3) is 1.00. The Balaban J connectivity index is 1.79. The largest absolute Gasteiger partial charge is 0.378 e. The highest BCUT2D eigenvalue weighted by Gasteiger charge is 2.44. The molecule has 0 radical (unpaired) electrons. The second-order valence-electron chi connectivity index (χ2n) is 4.52. The molecule has 1 atom stereocenters. The predicted molar refractivity (Wildman–Crippen MR) is 54.9 cm³/mol. The van der Waals surface area contributed by atoms with Crippen molar-refractivity contribution in [2.24, 2.45) is 5.41 Å². The van der Waals surface area contributed by atoms with Gasteiger partial charge in [0.05, 0.1) is 18.5 Å². The molecule has 5 heteroatoms. The molecule has 1 spiro atoms. The molecule has 82 valence electrons. The Labute approximate surface area is 89.2 Å². The lowest BCUT2D eigenvalue weighted by Crippen LogP contribution is -2.29. The van der Waals surface area contributed by atoms with Crippen LogP contribution in [0.1, 0.15) is 32.1 Å². The molecule has 3 nitrogen and oxygen atoms in total. The van der Waals surface area contributed by atoms with Crippen molar-refractivity contribution in [3.63, 3.8) is 0 Å². The van der Waals surface area contributed by atoms with Gasteiger partial charge < -0.3 is 4.74 Å². The van der Waals surface area contributed by atoms with E-state index in [1.54, 1.807) is 0 Å². The fourth-order valence-corrected chi connectivity index (χ4v) is 3.19. The van der Waals surface area contributed by atoms with Gasteiger partial charge in [0, 0.05) is 10.7 Å². The summed E-state index contributed by atoms with van der Waals surface area (Å²) >= 11 is 0. The van der Waals surface area contributed by atoms with Gasteiger partial charge in [-0.15, -0.1) is 0 Å². The van der Waals surface area contributed by atoms with Crippen molar-refractivity contribution in [1.29, 1.82) is 0 Å². The topological polar surface area (TPSA) is 43.4 Å². The van der Waals surface area contributed by atoms with Crippen molar-refractivity contribution in [3.8, 4) is 0 Å². The van der Waals surface area contributed by atoms with Crippen LogP contribution in [0.4, 0.5) is 0 Å². The summed E-state index contributed by atoms with van der Waals surface area (Å²) < 4.78 is 27.1. The molecule has 0 N–H and O–H groups in total. The van der Waals surface area contributed by atoms with Gasteiger partial charge in [0.2, 0.25) is 9.05 Å². The van der Waals surface area contributed by atoms with Crippen molar-refractivity contribution in [2.75, 3.05) is 12.4 Å². The third-order valence-electron chi connectivity index (χ3n) is 3.38. The Bertz CT molecular complexity index is 308. The highest BCUT2D eigenvalue weighted by atomic mass is 35.7. The zero-order chi connectivity index (χ0) is 10.2. The molecule has 0 aromatic rings. The normalized spacial score (nSPS) is 30.5. The Morgan fingerprint density at radius 1 is 1.43 bits per heavy atom. The van der Waals surface area contributed by atoms with Gasteiger partial charge in [-0.2, -0.15) is 0 Å². The lowest BCUT2D eigenvalue weighted by Gasteiger charge is -2.36. The molecule has 0 aromatic heterocycles. The molecule has 1 heterocycles. The molecule has 1 aliphatic heterocycles. The van der Waals surface area contributed by atoms with Crippen molar-refractivity contribution in [1.82, 2.24) is 0 Å². The molecule has 1 saturated carbocycles. The van der Waals surface area contributed by atoms with Crippen LogP contribution in [0.25, 0.3) is 0 Å². The number of ether oxygens (including phenoxy) is 1. The summed E-state index contributed by atoms with van der Waals surface area (Å²) in [6, 6.07) is 0. The smallest absolute Gasteiger partial charge is 0.232 e. The van der Waals surface area contributed by atoms with Gasteiger partial charge in [-0.25, -0.2) is 8.42 Å². The van der Waals surface area contributed by atoms with E-state index in [-0.39, 0.29) is 11.9 Å². The first-order valence-electron chi connectivity index (χ1n) is 5.03. The Morgan fingerprint density at radius 3 is 2.57 bits per heavy atom. The standard InChI is InChI=1S/C9H15ClO3S/c10-14(11,12)5-2-8-6-9(7-13-8)3-1-4-9/h8H,1-7H2. The van der Waals surface area contributed by atoms with E-state index in [0.29, 0.717) is 11.8 Å². The minimum Gasteiger partial charge on any atom is -0.378 e. The third-order valence-corrected chi connectivity index (χ3v) is 4.57. The summed E-state index contributed by atoms with van der Waals surface area (Å²) in [6.45, 7) is 0.819. The number of hydrogen-bond donors (Lipinski definition) is 0. The van der Waals surface area contributed by atoms with Crippen LogP contribution in [0, 0.1) is 5.41 Å². The second-order valence-corrected chi connectivity index (χ2v) is 7.42. The molecule has 0 bridgehead atoms. The Kier molecular flexibility index (Phi) is 2.79.